The van der Waals surface area contributed by atoms with E-state index in [1.165, 1.54) is 11.8 Å². The largest absolute Gasteiger partial charge is 0.497 e. The molecule has 0 saturated carbocycles. The van der Waals surface area contributed by atoms with E-state index in [9.17, 15) is 0 Å². The first kappa shape index (κ1) is 15.5. The Morgan fingerprint density at radius 3 is 2.52 bits per heavy atom. The van der Waals surface area contributed by atoms with Gasteiger partial charge in [0.05, 0.1) is 25.5 Å². The van der Waals surface area contributed by atoms with E-state index in [0.717, 1.165) is 5.75 Å². The van der Waals surface area contributed by atoms with Crippen molar-refractivity contribution in [2.45, 2.75) is 6.04 Å². The zero-order chi connectivity index (χ0) is 15.2. The Morgan fingerprint density at radius 1 is 1.24 bits per heavy atom. The number of aromatic nitrogens is 2. The summed E-state index contributed by atoms with van der Waals surface area (Å²) >= 11 is 5.84. The molecule has 1 aromatic carbocycles. The van der Waals surface area contributed by atoms with Gasteiger partial charge in [0.25, 0.3) is 0 Å². The highest BCUT2D eigenvalue weighted by Crippen LogP contribution is 2.21. The van der Waals surface area contributed by atoms with Crippen molar-refractivity contribution in [3.8, 4) is 5.75 Å². The predicted octanol–water partition coefficient (Wildman–Crippen LogP) is 2.85. The molecule has 0 amide bonds. The third-order valence-electron chi connectivity index (χ3n) is 3.21. The molecule has 1 unspecified atom stereocenters. The highest BCUT2D eigenvalue weighted by Gasteiger charge is 2.14. The van der Waals surface area contributed by atoms with Crippen LogP contribution >= 0.6 is 11.6 Å². The van der Waals surface area contributed by atoms with Crippen molar-refractivity contribution in [2.75, 3.05) is 33.1 Å². The second-order valence-electron chi connectivity index (χ2n) is 4.86. The number of ether oxygens (including phenoxy) is 1. The second-order valence-corrected chi connectivity index (χ2v) is 5.25. The van der Waals surface area contributed by atoms with Crippen molar-refractivity contribution in [3.63, 3.8) is 0 Å². The van der Waals surface area contributed by atoms with Crippen LogP contribution in [0.15, 0.2) is 36.7 Å². The topological polar surface area (TPSA) is 50.3 Å². The molecule has 0 fully saturated rings. The molecule has 0 aliphatic heterocycles. The number of hydrogen-bond donors (Lipinski definition) is 1. The van der Waals surface area contributed by atoms with Crippen LogP contribution in [0, 0.1) is 0 Å². The minimum absolute atomic E-state index is 0.205. The van der Waals surface area contributed by atoms with Crippen LogP contribution < -0.4 is 10.1 Å². The number of anilines is 1. The Labute approximate surface area is 129 Å². The summed E-state index contributed by atoms with van der Waals surface area (Å²) in [6, 6.07) is 8.26. The summed E-state index contributed by atoms with van der Waals surface area (Å²) in [6.45, 7) is 0.703. The average molecular weight is 307 g/mol. The van der Waals surface area contributed by atoms with Gasteiger partial charge in [0.2, 0.25) is 0 Å². The molecule has 0 saturated heterocycles. The molecule has 2 aromatic rings. The molecular formula is C15H19ClN4O. The first-order valence-electron chi connectivity index (χ1n) is 6.62. The summed E-state index contributed by atoms with van der Waals surface area (Å²) in [4.78, 5) is 10.3. The Kier molecular flexibility index (Phi) is 5.36. The lowest BCUT2D eigenvalue weighted by Gasteiger charge is -2.25. The predicted molar refractivity (Wildman–Crippen MR) is 85.0 cm³/mol. The minimum atomic E-state index is 0.205. The Bertz CT molecular complexity index is 574. The minimum Gasteiger partial charge on any atom is -0.497 e. The molecule has 1 N–H and O–H groups in total. The fourth-order valence-electron chi connectivity index (χ4n) is 2.05. The highest BCUT2D eigenvalue weighted by atomic mass is 35.5. The number of rotatable bonds is 6. The molecule has 0 radical (unpaired) electrons. The summed E-state index contributed by atoms with van der Waals surface area (Å²) < 4.78 is 5.19. The molecular weight excluding hydrogens is 288 g/mol. The highest BCUT2D eigenvalue weighted by molar-refractivity contribution is 6.29. The van der Waals surface area contributed by atoms with Gasteiger partial charge in [-0.3, -0.25) is 4.98 Å². The lowest BCUT2D eigenvalue weighted by atomic mass is 10.1. The van der Waals surface area contributed by atoms with Gasteiger partial charge < -0.3 is 15.0 Å². The van der Waals surface area contributed by atoms with Crippen LogP contribution in [-0.4, -0.2) is 42.6 Å². The first-order chi connectivity index (χ1) is 10.1. The Hall–Kier alpha value is -1.85. The third kappa shape index (κ3) is 4.31. The van der Waals surface area contributed by atoms with E-state index in [1.807, 2.05) is 26.2 Å². The Balaban J connectivity index is 2.08. The van der Waals surface area contributed by atoms with Gasteiger partial charge in [-0.15, -0.1) is 0 Å². The van der Waals surface area contributed by atoms with E-state index >= 15 is 0 Å². The lowest BCUT2D eigenvalue weighted by molar-refractivity contribution is 0.311. The van der Waals surface area contributed by atoms with Crippen LogP contribution in [-0.2, 0) is 0 Å². The zero-order valence-electron chi connectivity index (χ0n) is 12.4. The quantitative estimate of drug-likeness (QED) is 0.889. The van der Waals surface area contributed by atoms with Crippen molar-refractivity contribution in [1.29, 1.82) is 0 Å². The van der Waals surface area contributed by atoms with Crippen molar-refractivity contribution in [2.24, 2.45) is 0 Å². The molecule has 2 rings (SSSR count). The molecule has 5 nitrogen and oxygen atoms in total. The van der Waals surface area contributed by atoms with E-state index in [-0.39, 0.29) is 6.04 Å². The van der Waals surface area contributed by atoms with Gasteiger partial charge >= 0.3 is 0 Å². The molecule has 6 heteroatoms. The second kappa shape index (κ2) is 7.24. The smallest absolute Gasteiger partial charge is 0.149 e. The van der Waals surface area contributed by atoms with Crippen molar-refractivity contribution < 1.29 is 4.74 Å². The molecule has 0 aliphatic rings. The van der Waals surface area contributed by atoms with Gasteiger partial charge in [0, 0.05) is 6.54 Å². The van der Waals surface area contributed by atoms with Gasteiger partial charge in [-0.2, -0.15) is 0 Å². The first-order valence-corrected chi connectivity index (χ1v) is 6.99. The number of likely N-dealkylation sites (N-methyl/N-ethyl adjacent to an activating group) is 1. The molecule has 1 atom stereocenters. The van der Waals surface area contributed by atoms with Gasteiger partial charge in [-0.25, -0.2) is 4.98 Å². The maximum absolute atomic E-state index is 5.84. The normalized spacial score (nSPS) is 12.2. The van der Waals surface area contributed by atoms with Crippen LogP contribution in [0.4, 0.5) is 5.82 Å². The number of hydrogen-bond acceptors (Lipinski definition) is 5. The van der Waals surface area contributed by atoms with E-state index in [1.54, 1.807) is 13.3 Å². The van der Waals surface area contributed by atoms with Crippen LogP contribution in [0.2, 0.25) is 5.15 Å². The van der Waals surface area contributed by atoms with E-state index < -0.39 is 0 Å². The van der Waals surface area contributed by atoms with E-state index in [4.69, 9.17) is 16.3 Å². The van der Waals surface area contributed by atoms with Crippen LogP contribution in [0.1, 0.15) is 11.6 Å². The fourth-order valence-corrected chi connectivity index (χ4v) is 2.20. The van der Waals surface area contributed by atoms with Crippen molar-refractivity contribution in [1.82, 2.24) is 14.9 Å². The number of halogens is 1. The maximum Gasteiger partial charge on any atom is 0.149 e. The Morgan fingerprint density at radius 2 is 1.95 bits per heavy atom. The molecule has 1 heterocycles. The number of benzene rings is 1. The lowest BCUT2D eigenvalue weighted by Crippen LogP contribution is -2.27. The van der Waals surface area contributed by atoms with Crippen molar-refractivity contribution in [3.05, 3.63) is 47.4 Å². The zero-order valence-corrected chi connectivity index (χ0v) is 13.1. The number of nitrogens with zero attached hydrogens (tertiary/aromatic N) is 3. The summed E-state index contributed by atoms with van der Waals surface area (Å²) in [7, 11) is 5.75. The summed E-state index contributed by atoms with van der Waals surface area (Å²) in [5.41, 5.74) is 1.20. The number of nitrogens with one attached hydrogen (secondary N) is 1. The van der Waals surface area contributed by atoms with Gasteiger partial charge in [0.15, 0.2) is 0 Å². The monoisotopic (exact) mass is 306 g/mol. The van der Waals surface area contributed by atoms with Crippen LogP contribution in [0.5, 0.6) is 5.75 Å². The van der Waals surface area contributed by atoms with Gasteiger partial charge in [-0.1, -0.05) is 23.7 Å². The summed E-state index contributed by atoms with van der Waals surface area (Å²) in [5, 5.41) is 3.64. The molecule has 21 heavy (non-hydrogen) atoms. The molecule has 1 aromatic heterocycles. The van der Waals surface area contributed by atoms with E-state index in [0.29, 0.717) is 17.5 Å². The van der Waals surface area contributed by atoms with Crippen LogP contribution in [0.3, 0.4) is 0 Å². The van der Waals surface area contributed by atoms with Crippen LogP contribution in [0.25, 0.3) is 0 Å². The molecule has 0 bridgehead atoms. The molecule has 0 spiro atoms. The third-order valence-corrected chi connectivity index (χ3v) is 3.39. The standard InChI is InChI=1S/C15H19ClN4O/c1-20(2)13(11-4-6-12(21-3)7-5-11)8-18-15-10-17-9-14(16)19-15/h4-7,9-10,13H,8H2,1-3H3,(H,18,19). The summed E-state index contributed by atoms with van der Waals surface area (Å²) in [5.74, 6) is 1.52. The molecule has 112 valence electrons. The number of methoxy groups -OCH3 is 1. The maximum atomic E-state index is 5.84. The van der Waals surface area contributed by atoms with Crippen molar-refractivity contribution >= 4 is 17.4 Å². The van der Waals surface area contributed by atoms with Gasteiger partial charge in [-0.05, 0) is 31.8 Å². The van der Waals surface area contributed by atoms with Gasteiger partial charge in [0.1, 0.15) is 16.7 Å². The summed E-state index contributed by atoms with van der Waals surface area (Å²) in [6.07, 6.45) is 3.17. The SMILES string of the molecule is COc1ccc(C(CNc2cncc(Cl)n2)N(C)C)cc1. The fraction of sp³-hybridized carbons (Fsp3) is 0.333. The molecule has 0 aliphatic carbocycles. The average Bonchev–Trinajstić information content (AvgIpc) is 2.48. The van der Waals surface area contributed by atoms with E-state index in [2.05, 4.69) is 32.3 Å².